The predicted molar refractivity (Wildman–Crippen MR) is 79.8 cm³/mol. The number of nitrogens with one attached hydrogen (secondary N) is 1. The smallest absolute Gasteiger partial charge is 0.00698 e. The molecule has 106 valence electrons. The minimum atomic E-state index is 0.756. The summed E-state index contributed by atoms with van der Waals surface area (Å²) in [5.41, 5.74) is 0. The van der Waals surface area contributed by atoms with Gasteiger partial charge in [0.15, 0.2) is 0 Å². The van der Waals surface area contributed by atoms with Crippen LogP contribution < -0.4 is 5.32 Å². The second-order valence-corrected chi connectivity index (χ2v) is 6.83. The monoisotopic (exact) mass is 251 g/mol. The van der Waals surface area contributed by atoms with E-state index in [1.165, 1.54) is 70.6 Å². The molecule has 1 atom stereocenters. The quantitative estimate of drug-likeness (QED) is 0.700. The van der Waals surface area contributed by atoms with Crippen LogP contribution in [-0.2, 0) is 0 Å². The Morgan fingerprint density at radius 1 is 0.889 bits per heavy atom. The lowest BCUT2D eigenvalue weighted by molar-refractivity contribution is 0.239. The number of rotatable bonds is 4. The van der Waals surface area contributed by atoms with E-state index >= 15 is 0 Å². The summed E-state index contributed by atoms with van der Waals surface area (Å²) in [4.78, 5) is 0. The fourth-order valence-electron chi connectivity index (χ4n) is 4.06. The molecule has 0 spiro atoms. The molecule has 0 aromatic rings. The van der Waals surface area contributed by atoms with Gasteiger partial charge in [-0.1, -0.05) is 39.0 Å². The molecule has 1 heteroatoms. The van der Waals surface area contributed by atoms with E-state index in [1.54, 1.807) is 0 Å². The minimum absolute atomic E-state index is 0.756. The molecule has 0 amide bonds. The van der Waals surface area contributed by atoms with Gasteiger partial charge in [0.25, 0.3) is 0 Å². The molecule has 2 saturated carbocycles. The van der Waals surface area contributed by atoms with Gasteiger partial charge in [-0.15, -0.1) is 0 Å². The van der Waals surface area contributed by atoms with E-state index in [9.17, 15) is 0 Å². The summed E-state index contributed by atoms with van der Waals surface area (Å²) < 4.78 is 0. The first kappa shape index (κ1) is 14.4. The Labute approximate surface area is 114 Å². The van der Waals surface area contributed by atoms with Gasteiger partial charge in [0.1, 0.15) is 0 Å². The van der Waals surface area contributed by atoms with Gasteiger partial charge in [0, 0.05) is 12.1 Å². The van der Waals surface area contributed by atoms with Crippen LogP contribution in [-0.4, -0.2) is 12.1 Å². The maximum Gasteiger partial charge on any atom is 0.00698 e. The van der Waals surface area contributed by atoms with Crippen LogP contribution in [0.1, 0.15) is 84.5 Å². The van der Waals surface area contributed by atoms with Crippen LogP contribution in [0.25, 0.3) is 0 Å². The van der Waals surface area contributed by atoms with Crippen molar-refractivity contribution in [2.45, 2.75) is 96.6 Å². The highest BCUT2D eigenvalue weighted by Gasteiger charge is 2.24. The first-order valence-corrected chi connectivity index (χ1v) is 8.55. The van der Waals surface area contributed by atoms with Gasteiger partial charge in [-0.2, -0.15) is 0 Å². The van der Waals surface area contributed by atoms with Crippen molar-refractivity contribution in [1.29, 1.82) is 0 Å². The predicted octanol–water partition coefficient (Wildman–Crippen LogP) is 4.90. The third kappa shape index (κ3) is 4.26. The van der Waals surface area contributed by atoms with E-state index < -0.39 is 0 Å². The first-order valence-electron chi connectivity index (χ1n) is 8.55. The second kappa shape index (κ2) is 7.53. The lowest BCUT2D eigenvalue weighted by atomic mass is 9.83. The van der Waals surface area contributed by atoms with Crippen LogP contribution in [0.2, 0.25) is 0 Å². The average Bonchev–Trinajstić information content (AvgIpc) is 2.68. The standard InChI is InChI=1S/C17H33N/c1-3-15-10-12-17(13-11-15)18-14(2)16-8-6-4-5-7-9-16/h14-18H,3-13H2,1-2H3/t14-,15?,17?/m0/s1. The summed E-state index contributed by atoms with van der Waals surface area (Å²) in [7, 11) is 0. The molecule has 0 aliphatic heterocycles. The van der Waals surface area contributed by atoms with E-state index in [0.29, 0.717) is 0 Å². The van der Waals surface area contributed by atoms with Crippen molar-refractivity contribution in [1.82, 2.24) is 5.32 Å². The first-order chi connectivity index (χ1) is 8.79. The Morgan fingerprint density at radius 2 is 1.50 bits per heavy atom. The zero-order valence-corrected chi connectivity index (χ0v) is 12.6. The molecule has 1 N–H and O–H groups in total. The van der Waals surface area contributed by atoms with Crippen LogP contribution in [0.5, 0.6) is 0 Å². The maximum absolute atomic E-state index is 3.96. The molecule has 0 radical (unpaired) electrons. The lowest BCUT2D eigenvalue weighted by Gasteiger charge is -2.33. The molecule has 0 saturated heterocycles. The molecule has 2 fully saturated rings. The highest BCUT2D eigenvalue weighted by molar-refractivity contribution is 4.82. The molecule has 2 rings (SSSR count). The van der Waals surface area contributed by atoms with Crippen LogP contribution in [0.15, 0.2) is 0 Å². The molecule has 2 aliphatic rings. The molecule has 18 heavy (non-hydrogen) atoms. The van der Waals surface area contributed by atoms with E-state index in [4.69, 9.17) is 0 Å². The zero-order valence-electron chi connectivity index (χ0n) is 12.6. The second-order valence-electron chi connectivity index (χ2n) is 6.83. The molecule has 0 heterocycles. The Balaban J connectivity index is 1.71. The molecule has 0 aromatic carbocycles. The van der Waals surface area contributed by atoms with E-state index in [1.807, 2.05) is 0 Å². The summed E-state index contributed by atoms with van der Waals surface area (Å²) in [6, 6.07) is 1.58. The van der Waals surface area contributed by atoms with Gasteiger partial charge in [-0.05, 0) is 57.3 Å². The van der Waals surface area contributed by atoms with Crippen molar-refractivity contribution < 1.29 is 0 Å². The summed E-state index contributed by atoms with van der Waals surface area (Å²) in [5, 5.41) is 3.96. The van der Waals surface area contributed by atoms with Crippen LogP contribution in [0.3, 0.4) is 0 Å². The van der Waals surface area contributed by atoms with Crippen LogP contribution in [0, 0.1) is 11.8 Å². The Hall–Kier alpha value is -0.0400. The van der Waals surface area contributed by atoms with Gasteiger partial charge in [-0.25, -0.2) is 0 Å². The van der Waals surface area contributed by atoms with Crippen LogP contribution in [0.4, 0.5) is 0 Å². The fourth-order valence-corrected chi connectivity index (χ4v) is 4.06. The van der Waals surface area contributed by atoms with Crippen molar-refractivity contribution in [3.63, 3.8) is 0 Å². The highest BCUT2D eigenvalue weighted by Crippen LogP contribution is 2.29. The summed E-state index contributed by atoms with van der Waals surface area (Å²) in [6.07, 6.45) is 16.0. The van der Waals surface area contributed by atoms with Gasteiger partial charge in [0.2, 0.25) is 0 Å². The SMILES string of the molecule is CCC1CCC(N[C@@H](C)C2CCCCCC2)CC1. The van der Waals surface area contributed by atoms with Gasteiger partial charge < -0.3 is 5.32 Å². The fraction of sp³-hybridized carbons (Fsp3) is 1.00. The van der Waals surface area contributed by atoms with E-state index in [0.717, 1.165) is 23.9 Å². The maximum atomic E-state index is 3.96. The average molecular weight is 251 g/mol. The molecule has 1 nitrogen and oxygen atoms in total. The van der Waals surface area contributed by atoms with Crippen molar-refractivity contribution in [2.75, 3.05) is 0 Å². The summed E-state index contributed by atoms with van der Waals surface area (Å²) >= 11 is 0. The molecule has 0 aromatic heterocycles. The third-order valence-corrected chi connectivity index (χ3v) is 5.53. The number of hydrogen-bond donors (Lipinski definition) is 1. The lowest BCUT2D eigenvalue weighted by Crippen LogP contribution is -2.42. The van der Waals surface area contributed by atoms with Gasteiger partial charge in [-0.3, -0.25) is 0 Å². The van der Waals surface area contributed by atoms with Crippen LogP contribution >= 0.6 is 0 Å². The largest absolute Gasteiger partial charge is 0.311 e. The van der Waals surface area contributed by atoms with Gasteiger partial charge in [0.05, 0.1) is 0 Å². The van der Waals surface area contributed by atoms with Crippen molar-refractivity contribution >= 4 is 0 Å². The Kier molecular flexibility index (Phi) is 6.01. The highest BCUT2D eigenvalue weighted by atomic mass is 15.0. The minimum Gasteiger partial charge on any atom is -0.311 e. The van der Waals surface area contributed by atoms with E-state index in [-0.39, 0.29) is 0 Å². The Morgan fingerprint density at radius 3 is 2.06 bits per heavy atom. The molecule has 2 aliphatic carbocycles. The van der Waals surface area contributed by atoms with Gasteiger partial charge >= 0.3 is 0 Å². The topological polar surface area (TPSA) is 12.0 Å². The van der Waals surface area contributed by atoms with Crippen molar-refractivity contribution in [3.05, 3.63) is 0 Å². The molecule has 0 bridgehead atoms. The normalized spacial score (nSPS) is 33.0. The number of hydrogen-bond acceptors (Lipinski definition) is 1. The molecule has 0 unspecified atom stereocenters. The third-order valence-electron chi connectivity index (χ3n) is 5.53. The zero-order chi connectivity index (χ0) is 12.8. The van der Waals surface area contributed by atoms with Crippen molar-refractivity contribution in [2.24, 2.45) is 11.8 Å². The van der Waals surface area contributed by atoms with E-state index in [2.05, 4.69) is 19.2 Å². The molecular formula is C17H33N. The van der Waals surface area contributed by atoms with Crippen molar-refractivity contribution in [3.8, 4) is 0 Å². The summed E-state index contributed by atoms with van der Waals surface area (Å²) in [5.74, 6) is 1.98. The molecular weight excluding hydrogens is 218 g/mol. The Bertz CT molecular complexity index is 210. The summed E-state index contributed by atoms with van der Waals surface area (Å²) in [6.45, 7) is 4.80.